The van der Waals surface area contributed by atoms with E-state index in [9.17, 15) is 5.11 Å². The second-order valence-electron chi connectivity index (χ2n) is 3.46. The van der Waals surface area contributed by atoms with Gasteiger partial charge < -0.3 is 5.11 Å². The Kier molecular flexibility index (Phi) is 1.21. The van der Waals surface area contributed by atoms with Gasteiger partial charge in [-0.05, 0) is 25.2 Å². The van der Waals surface area contributed by atoms with E-state index in [0.717, 1.165) is 12.8 Å². The first-order valence-corrected chi connectivity index (χ1v) is 3.90. The summed E-state index contributed by atoms with van der Waals surface area (Å²) in [4.78, 5) is 0. The third kappa shape index (κ3) is 0.615. The summed E-state index contributed by atoms with van der Waals surface area (Å²) in [5.41, 5.74) is 0. The maximum absolute atomic E-state index is 9.37. The van der Waals surface area contributed by atoms with Crippen LogP contribution in [0.3, 0.4) is 0 Å². The van der Waals surface area contributed by atoms with Crippen LogP contribution in [0, 0.1) is 29.1 Å². The zero-order valence-electron chi connectivity index (χ0n) is 5.83. The van der Waals surface area contributed by atoms with Crippen molar-refractivity contribution in [3.05, 3.63) is 0 Å². The summed E-state index contributed by atoms with van der Waals surface area (Å²) in [7, 11) is 0. The van der Waals surface area contributed by atoms with Gasteiger partial charge in [0.05, 0.1) is 18.1 Å². The summed E-state index contributed by atoms with van der Waals surface area (Å²) < 4.78 is 0. The molecule has 0 unspecified atom stereocenters. The highest BCUT2D eigenvalue weighted by Crippen LogP contribution is 2.48. The van der Waals surface area contributed by atoms with Gasteiger partial charge in [0.25, 0.3) is 0 Å². The Morgan fingerprint density at radius 3 is 2.50 bits per heavy atom. The van der Waals surface area contributed by atoms with Crippen molar-refractivity contribution in [2.75, 3.05) is 0 Å². The van der Waals surface area contributed by atoms with Gasteiger partial charge in [-0.3, -0.25) is 0 Å². The van der Waals surface area contributed by atoms with Crippen molar-refractivity contribution in [1.29, 1.82) is 5.26 Å². The normalized spacial score (nSPS) is 51.2. The zero-order valence-corrected chi connectivity index (χ0v) is 5.83. The first-order valence-electron chi connectivity index (χ1n) is 3.90. The Balaban J connectivity index is 2.20. The number of hydrogen-bond acceptors (Lipinski definition) is 2. The van der Waals surface area contributed by atoms with Gasteiger partial charge >= 0.3 is 0 Å². The average Bonchev–Trinajstić information content (AvgIpc) is 2.42. The van der Waals surface area contributed by atoms with Gasteiger partial charge in [-0.2, -0.15) is 5.26 Å². The molecule has 0 aromatic heterocycles. The molecule has 2 aliphatic carbocycles. The van der Waals surface area contributed by atoms with E-state index in [0.29, 0.717) is 11.8 Å². The van der Waals surface area contributed by atoms with E-state index in [2.05, 4.69) is 6.07 Å². The molecule has 0 amide bonds. The molecule has 0 aromatic rings. The SMILES string of the molecule is N#C[C@@H]1[C@H]2CC[C@@H]1[C@H](O)C2. The van der Waals surface area contributed by atoms with Crippen LogP contribution in [0.25, 0.3) is 0 Å². The molecule has 2 fully saturated rings. The van der Waals surface area contributed by atoms with E-state index >= 15 is 0 Å². The van der Waals surface area contributed by atoms with E-state index < -0.39 is 0 Å². The first-order chi connectivity index (χ1) is 4.83. The van der Waals surface area contributed by atoms with Crippen molar-refractivity contribution in [3.63, 3.8) is 0 Å². The Labute approximate surface area is 60.5 Å². The molecule has 0 aromatic carbocycles. The molecule has 2 aliphatic rings. The molecular weight excluding hydrogens is 126 g/mol. The number of aliphatic hydroxyl groups is 1. The Hall–Kier alpha value is -0.550. The van der Waals surface area contributed by atoms with Gasteiger partial charge in [0.15, 0.2) is 0 Å². The summed E-state index contributed by atoms with van der Waals surface area (Å²) in [5.74, 6) is 1.01. The van der Waals surface area contributed by atoms with Crippen molar-refractivity contribution in [2.24, 2.45) is 17.8 Å². The number of fused-ring (bicyclic) bond motifs is 2. The maximum Gasteiger partial charge on any atom is 0.0662 e. The largest absolute Gasteiger partial charge is 0.393 e. The lowest BCUT2D eigenvalue weighted by molar-refractivity contribution is 0.110. The summed E-state index contributed by atoms with van der Waals surface area (Å²) >= 11 is 0. The van der Waals surface area contributed by atoms with Crippen molar-refractivity contribution in [3.8, 4) is 6.07 Å². The Morgan fingerprint density at radius 1 is 1.40 bits per heavy atom. The molecule has 4 atom stereocenters. The standard InChI is InChI=1S/C8H11NO/c9-4-7-5-1-2-6(7)8(10)3-5/h5-8,10H,1-3H2/t5-,6-,7+,8+/m0/s1. The van der Waals surface area contributed by atoms with Crippen molar-refractivity contribution < 1.29 is 5.11 Å². The fraction of sp³-hybridized carbons (Fsp3) is 0.875. The smallest absolute Gasteiger partial charge is 0.0662 e. The minimum atomic E-state index is -0.164. The predicted octanol–water partition coefficient (Wildman–Crippen LogP) is 0.917. The highest BCUT2D eigenvalue weighted by Gasteiger charge is 2.47. The van der Waals surface area contributed by atoms with Crippen molar-refractivity contribution in [1.82, 2.24) is 0 Å². The lowest BCUT2D eigenvalue weighted by Gasteiger charge is -2.14. The number of nitriles is 1. The second kappa shape index (κ2) is 1.96. The first kappa shape index (κ1) is 6.18. The molecule has 2 saturated carbocycles. The van der Waals surface area contributed by atoms with Gasteiger partial charge in [-0.15, -0.1) is 0 Å². The van der Waals surface area contributed by atoms with Crippen LogP contribution < -0.4 is 0 Å². The number of aliphatic hydroxyl groups excluding tert-OH is 1. The number of nitrogens with zero attached hydrogens (tertiary/aromatic N) is 1. The predicted molar refractivity (Wildman–Crippen MR) is 35.9 cm³/mol. The van der Waals surface area contributed by atoms with Gasteiger partial charge in [-0.25, -0.2) is 0 Å². The second-order valence-corrected chi connectivity index (χ2v) is 3.46. The van der Waals surface area contributed by atoms with Gasteiger partial charge in [-0.1, -0.05) is 0 Å². The molecule has 0 heterocycles. The number of hydrogen-bond donors (Lipinski definition) is 1. The van der Waals surface area contributed by atoms with Crippen LogP contribution in [0.5, 0.6) is 0 Å². The Bertz CT molecular complexity index is 184. The molecule has 0 radical (unpaired) electrons. The lowest BCUT2D eigenvalue weighted by Crippen LogP contribution is -2.16. The van der Waals surface area contributed by atoms with Gasteiger partial charge in [0.2, 0.25) is 0 Å². The van der Waals surface area contributed by atoms with Crippen LogP contribution in [0.4, 0.5) is 0 Å². The molecule has 10 heavy (non-hydrogen) atoms. The molecule has 2 bridgehead atoms. The third-order valence-corrected chi connectivity index (χ3v) is 3.03. The van der Waals surface area contributed by atoms with Crippen LogP contribution >= 0.6 is 0 Å². The van der Waals surface area contributed by atoms with Crippen LogP contribution in [0.1, 0.15) is 19.3 Å². The summed E-state index contributed by atoms with van der Waals surface area (Å²) in [6, 6.07) is 2.30. The van der Waals surface area contributed by atoms with Crippen LogP contribution in [0.2, 0.25) is 0 Å². The topological polar surface area (TPSA) is 44.0 Å². The molecule has 54 valence electrons. The quantitative estimate of drug-likeness (QED) is 0.539. The lowest BCUT2D eigenvalue weighted by atomic mass is 9.98. The van der Waals surface area contributed by atoms with E-state index in [1.165, 1.54) is 6.42 Å². The number of rotatable bonds is 0. The fourth-order valence-corrected chi connectivity index (χ4v) is 2.50. The zero-order chi connectivity index (χ0) is 7.14. The minimum absolute atomic E-state index is 0.164. The fourth-order valence-electron chi connectivity index (χ4n) is 2.50. The van der Waals surface area contributed by atoms with Crippen molar-refractivity contribution in [2.45, 2.75) is 25.4 Å². The molecular formula is C8H11NO. The molecule has 0 saturated heterocycles. The van der Waals surface area contributed by atoms with Gasteiger partial charge in [0, 0.05) is 5.92 Å². The highest BCUT2D eigenvalue weighted by atomic mass is 16.3. The molecule has 2 nitrogen and oxygen atoms in total. The van der Waals surface area contributed by atoms with E-state index in [4.69, 9.17) is 5.26 Å². The summed E-state index contributed by atoms with van der Waals surface area (Å²) in [5, 5.41) is 18.1. The average molecular weight is 137 g/mol. The highest BCUT2D eigenvalue weighted by molar-refractivity contribution is 5.05. The van der Waals surface area contributed by atoms with Crippen LogP contribution in [-0.2, 0) is 0 Å². The summed E-state index contributed by atoms with van der Waals surface area (Å²) in [6.45, 7) is 0. The van der Waals surface area contributed by atoms with Crippen LogP contribution in [-0.4, -0.2) is 11.2 Å². The Morgan fingerprint density at radius 2 is 2.20 bits per heavy atom. The summed E-state index contributed by atoms with van der Waals surface area (Å²) in [6.07, 6.45) is 2.95. The molecule has 1 N–H and O–H groups in total. The van der Waals surface area contributed by atoms with Crippen LogP contribution in [0.15, 0.2) is 0 Å². The maximum atomic E-state index is 9.37. The molecule has 2 rings (SSSR count). The third-order valence-electron chi connectivity index (χ3n) is 3.03. The van der Waals surface area contributed by atoms with E-state index in [1.807, 2.05) is 0 Å². The van der Waals surface area contributed by atoms with E-state index in [-0.39, 0.29) is 12.0 Å². The molecule has 0 spiro atoms. The minimum Gasteiger partial charge on any atom is -0.393 e. The van der Waals surface area contributed by atoms with Crippen molar-refractivity contribution >= 4 is 0 Å². The molecule has 2 heteroatoms. The van der Waals surface area contributed by atoms with E-state index in [1.54, 1.807) is 0 Å². The van der Waals surface area contributed by atoms with Gasteiger partial charge in [0.1, 0.15) is 0 Å². The molecule has 0 aliphatic heterocycles. The monoisotopic (exact) mass is 137 g/mol.